The monoisotopic (exact) mass is 383 g/mol. The molecule has 1 heterocycles. The highest BCUT2D eigenvalue weighted by Crippen LogP contribution is 2.31. The number of sulfonamides is 1. The van der Waals surface area contributed by atoms with Crippen molar-refractivity contribution in [3.63, 3.8) is 0 Å². The minimum Gasteiger partial charge on any atom is -0.466 e. The second-order valence-electron chi connectivity index (χ2n) is 5.61. The number of carbonyl (C=O) groups excluding carboxylic acids is 1. The number of carbonyl (C=O) groups is 1. The molecule has 2 N–H and O–H groups in total. The van der Waals surface area contributed by atoms with E-state index in [-0.39, 0.29) is 0 Å². The Morgan fingerprint density at radius 3 is 2.44 bits per heavy atom. The molecule has 136 valence electrons. The predicted octanol–water partition coefficient (Wildman–Crippen LogP) is 1.76. The van der Waals surface area contributed by atoms with E-state index in [0.29, 0.717) is 22.9 Å². The Morgan fingerprint density at radius 2 is 1.96 bits per heavy atom. The predicted molar refractivity (Wildman–Crippen MR) is 100 cm³/mol. The van der Waals surface area contributed by atoms with E-state index in [0.717, 1.165) is 17.5 Å². The van der Waals surface area contributed by atoms with E-state index < -0.39 is 22.0 Å². The largest absolute Gasteiger partial charge is 0.466 e. The highest BCUT2D eigenvalue weighted by atomic mass is 32.2. The van der Waals surface area contributed by atoms with Gasteiger partial charge in [0.05, 0.1) is 25.0 Å². The highest BCUT2D eigenvalue weighted by Gasteiger charge is 2.33. The molecule has 2 rings (SSSR count). The Labute approximate surface area is 153 Å². The molecule has 0 saturated heterocycles. The van der Waals surface area contributed by atoms with Crippen LogP contribution in [-0.4, -0.2) is 44.3 Å². The normalized spacial score (nSPS) is 18.0. The molecule has 0 aromatic heterocycles. The van der Waals surface area contributed by atoms with Crippen LogP contribution >= 0.6 is 12.2 Å². The van der Waals surface area contributed by atoms with Crippen LogP contribution in [0.15, 0.2) is 35.5 Å². The highest BCUT2D eigenvalue weighted by molar-refractivity contribution is 7.92. The van der Waals surface area contributed by atoms with Gasteiger partial charge in [0, 0.05) is 17.9 Å². The maximum Gasteiger partial charge on any atom is 0.337 e. The maximum atomic E-state index is 12.3. The van der Waals surface area contributed by atoms with E-state index in [9.17, 15) is 13.2 Å². The average Bonchev–Trinajstić information content (AvgIpc) is 2.53. The van der Waals surface area contributed by atoms with Crippen molar-refractivity contribution in [3.8, 4) is 0 Å². The third-order valence-corrected chi connectivity index (χ3v) is 4.81. The van der Waals surface area contributed by atoms with Gasteiger partial charge < -0.3 is 15.0 Å². The molecular weight excluding hydrogens is 362 g/mol. The Kier molecular flexibility index (Phi) is 5.69. The number of nitrogens with one attached hydrogen (secondary N) is 2. The molecule has 0 fully saturated rings. The molecule has 1 aromatic rings. The molecule has 9 heteroatoms. The van der Waals surface area contributed by atoms with E-state index in [1.807, 2.05) is 18.7 Å². The summed E-state index contributed by atoms with van der Waals surface area (Å²) in [6, 6.07) is 6.29. The molecule has 0 saturated carbocycles. The summed E-state index contributed by atoms with van der Waals surface area (Å²) in [5.74, 6) is -0.436. The van der Waals surface area contributed by atoms with Crippen molar-refractivity contribution in [3.05, 3.63) is 41.1 Å². The second-order valence-corrected chi connectivity index (χ2v) is 7.75. The fourth-order valence-electron chi connectivity index (χ4n) is 2.74. The van der Waals surface area contributed by atoms with Gasteiger partial charge in [-0.2, -0.15) is 0 Å². The summed E-state index contributed by atoms with van der Waals surface area (Å²) in [4.78, 5) is 14.1. The number of esters is 1. The third-order valence-electron chi connectivity index (χ3n) is 3.87. The molecule has 0 aliphatic carbocycles. The van der Waals surface area contributed by atoms with Crippen LogP contribution in [0, 0.1) is 0 Å². The fourth-order valence-corrected chi connectivity index (χ4v) is 3.69. The molecule has 0 spiro atoms. The lowest BCUT2D eigenvalue weighted by Crippen LogP contribution is -2.47. The van der Waals surface area contributed by atoms with Gasteiger partial charge in [-0.05, 0) is 43.8 Å². The van der Waals surface area contributed by atoms with Crippen LogP contribution < -0.4 is 10.0 Å². The Hall–Kier alpha value is -2.13. The van der Waals surface area contributed by atoms with Crippen molar-refractivity contribution in [2.24, 2.45) is 0 Å². The van der Waals surface area contributed by atoms with Crippen molar-refractivity contribution in [1.29, 1.82) is 0 Å². The maximum absolute atomic E-state index is 12.3. The molecule has 0 amide bonds. The number of hydrogen-bond donors (Lipinski definition) is 2. The van der Waals surface area contributed by atoms with Crippen LogP contribution in [0.1, 0.15) is 25.5 Å². The van der Waals surface area contributed by atoms with Gasteiger partial charge in [-0.3, -0.25) is 4.72 Å². The van der Waals surface area contributed by atoms with Crippen LogP contribution in [0.3, 0.4) is 0 Å². The average molecular weight is 383 g/mol. The number of benzene rings is 1. The topological polar surface area (TPSA) is 87.7 Å². The zero-order valence-electron chi connectivity index (χ0n) is 14.5. The van der Waals surface area contributed by atoms with E-state index in [1.165, 1.54) is 7.11 Å². The first-order valence-corrected chi connectivity index (χ1v) is 9.92. The van der Waals surface area contributed by atoms with Gasteiger partial charge in [-0.1, -0.05) is 12.1 Å². The second kappa shape index (κ2) is 7.40. The van der Waals surface area contributed by atoms with Crippen molar-refractivity contribution < 1.29 is 17.9 Å². The SMILES string of the molecule is CCN1C(=S)N[C@@H](c2ccc(NS(C)(=O)=O)cc2)C(C(=O)OC)=C1C. The minimum absolute atomic E-state index is 0.436. The summed E-state index contributed by atoms with van der Waals surface area (Å²) in [7, 11) is -2.01. The number of nitrogens with zero attached hydrogens (tertiary/aromatic N) is 1. The summed E-state index contributed by atoms with van der Waals surface area (Å²) < 4.78 is 30.0. The van der Waals surface area contributed by atoms with Gasteiger partial charge in [0.15, 0.2) is 5.11 Å². The lowest BCUT2D eigenvalue weighted by Gasteiger charge is -2.36. The van der Waals surface area contributed by atoms with Crippen LogP contribution in [0.25, 0.3) is 0 Å². The standard InChI is InChI=1S/C16H21N3O4S2/c1-5-19-10(2)13(15(20)23-3)14(17-16(19)24)11-6-8-12(9-7-11)18-25(4,21)22/h6-9,14,18H,5H2,1-4H3,(H,17,24)/t14-/m0/s1. The van der Waals surface area contributed by atoms with Crippen molar-refractivity contribution in [2.75, 3.05) is 24.6 Å². The smallest absolute Gasteiger partial charge is 0.337 e. The molecule has 0 radical (unpaired) electrons. The Morgan fingerprint density at radius 1 is 1.36 bits per heavy atom. The van der Waals surface area contributed by atoms with Gasteiger partial charge in [0.2, 0.25) is 10.0 Å². The number of allylic oxidation sites excluding steroid dienone is 1. The van der Waals surface area contributed by atoms with E-state index in [1.54, 1.807) is 24.3 Å². The zero-order valence-corrected chi connectivity index (χ0v) is 16.1. The zero-order chi connectivity index (χ0) is 18.8. The van der Waals surface area contributed by atoms with Gasteiger partial charge in [0.25, 0.3) is 0 Å². The number of ether oxygens (including phenoxy) is 1. The first-order valence-electron chi connectivity index (χ1n) is 7.62. The van der Waals surface area contributed by atoms with E-state index in [2.05, 4.69) is 10.0 Å². The number of methoxy groups -OCH3 is 1. The van der Waals surface area contributed by atoms with E-state index >= 15 is 0 Å². The van der Waals surface area contributed by atoms with Crippen LogP contribution in [0.4, 0.5) is 5.69 Å². The quantitative estimate of drug-likeness (QED) is 0.592. The number of rotatable bonds is 5. The molecule has 7 nitrogen and oxygen atoms in total. The number of anilines is 1. The number of thiocarbonyl (C=S) groups is 1. The third kappa shape index (κ3) is 4.29. The summed E-state index contributed by atoms with van der Waals surface area (Å²) >= 11 is 5.39. The van der Waals surface area contributed by atoms with Crippen molar-refractivity contribution in [1.82, 2.24) is 10.2 Å². The van der Waals surface area contributed by atoms with Crippen molar-refractivity contribution in [2.45, 2.75) is 19.9 Å². The number of hydrogen-bond acceptors (Lipinski definition) is 5. The van der Waals surface area contributed by atoms with Crippen LogP contribution in [-0.2, 0) is 19.6 Å². The lowest BCUT2D eigenvalue weighted by molar-refractivity contribution is -0.136. The Balaban J connectivity index is 2.43. The first-order chi connectivity index (χ1) is 11.7. The molecule has 25 heavy (non-hydrogen) atoms. The molecule has 1 atom stereocenters. The van der Waals surface area contributed by atoms with Gasteiger partial charge in [-0.25, -0.2) is 13.2 Å². The molecule has 1 aliphatic heterocycles. The Bertz CT molecular complexity index is 816. The first kappa shape index (κ1) is 19.2. The summed E-state index contributed by atoms with van der Waals surface area (Å²) in [6.45, 7) is 4.40. The summed E-state index contributed by atoms with van der Waals surface area (Å²) in [5, 5.41) is 3.68. The minimum atomic E-state index is -3.35. The van der Waals surface area contributed by atoms with Crippen LogP contribution in [0.5, 0.6) is 0 Å². The van der Waals surface area contributed by atoms with Crippen LogP contribution in [0.2, 0.25) is 0 Å². The molecule has 0 unspecified atom stereocenters. The van der Waals surface area contributed by atoms with Crippen molar-refractivity contribution >= 4 is 39.0 Å². The summed E-state index contributed by atoms with van der Waals surface area (Å²) in [6.07, 6.45) is 1.09. The molecule has 1 aromatic carbocycles. The van der Waals surface area contributed by atoms with Gasteiger partial charge in [-0.15, -0.1) is 0 Å². The van der Waals surface area contributed by atoms with E-state index in [4.69, 9.17) is 17.0 Å². The fraction of sp³-hybridized carbons (Fsp3) is 0.375. The summed E-state index contributed by atoms with van der Waals surface area (Å²) in [5.41, 5.74) is 2.43. The lowest BCUT2D eigenvalue weighted by atomic mass is 9.95. The van der Waals surface area contributed by atoms with Gasteiger partial charge >= 0.3 is 5.97 Å². The molecule has 0 bridgehead atoms. The van der Waals surface area contributed by atoms with Gasteiger partial charge in [0.1, 0.15) is 0 Å². The molecule has 1 aliphatic rings. The molecular formula is C16H21N3O4S2.